The first-order valence-corrected chi connectivity index (χ1v) is 7.26. The van der Waals surface area contributed by atoms with Crippen LogP contribution in [0.15, 0.2) is 48.5 Å². The van der Waals surface area contributed by atoms with Crippen LogP contribution in [0, 0.1) is 5.92 Å². The van der Waals surface area contributed by atoms with Crippen molar-refractivity contribution in [3.63, 3.8) is 0 Å². The molecule has 3 nitrogen and oxygen atoms in total. The van der Waals surface area contributed by atoms with E-state index in [1.165, 1.54) is 16.7 Å². The van der Waals surface area contributed by atoms with E-state index in [4.69, 9.17) is 9.47 Å². The number of benzene rings is 2. The molecule has 0 spiro atoms. The van der Waals surface area contributed by atoms with Crippen molar-refractivity contribution in [3.8, 4) is 5.75 Å². The number of hydrogen-bond acceptors (Lipinski definition) is 3. The zero-order valence-electron chi connectivity index (χ0n) is 11.6. The number of carbonyl (C=O) groups excluding carboxylic acids is 1. The summed E-state index contributed by atoms with van der Waals surface area (Å²) in [5.41, 5.74) is 3.74. The highest BCUT2D eigenvalue weighted by Crippen LogP contribution is 2.59. The molecule has 2 aliphatic rings. The minimum absolute atomic E-state index is 0.0828. The molecule has 0 amide bonds. The maximum atomic E-state index is 10.5. The first kappa shape index (κ1) is 12.5. The van der Waals surface area contributed by atoms with Crippen LogP contribution in [0.25, 0.3) is 0 Å². The molecule has 0 aliphatic heterocycles. The Morgan fingerprint density at radius 1 is 1.10 bits per heavy atom. The molecule has 2 aromatic carbocycles. The second kappa shape index (κ2) is 4.92. The summed E-state index contributed by atoms with van der Waals surface area (Å²) in [6.45, 7) is 1.15. The minimum atomic E-state index is 0.0828. The van der Waals surface area contributed by atoms with Crippen LogP contribution in [0.4, 0.5) is 0 Å². The molecule has 2 aliphatic carbocycles. The normalized spacial score (nSPS) is 24.9. The summed E-state index contributed by atoms with van der Waals surface area (Å²) in [5.74, 6) is 1.80. The summed E-state index contributed by atoms with van der Waals surface area (Å²) in [4.78, 5) is 10.5. The highest BCUT2D eigenvalue weighted by molar-refractivity contribution is 5.53. The molecule has 0 aromatic heterocycles. The fraction of sp³-hybridized carbons (Fsp3) is 0.278. The van der Waals surface area contributed by atoms with Gasteiger partial charge >= 0.3 is 0 Å². The summed E-state index contributed by atoms with van der Waals surface area (Å²) in [5, 5.41) is 0. The molecular weight excluding hydrogens is 264 g/mol. The minimum Gasteiger partial charge on any atom is -0.489 e. The number of ether oxygens (including phenoxy) is 2. The largest absolute Gasteiger partial charge is 0.489 e. The van der Waals surface area contributed by atoms with Crippen LogP contribution in [-0.4, -0.2) is 12.6 Å². The van der Waals surface area contributed by atoms with Crippen LogP contribution in [-0.2, 0) is 22.6 Å². The van der Waals surface area contributed by atoms with Gasteiger partial charge in [-0.3, -0.25) is 4.79 Å². The number of fused-ring (bicyclic) bond motifs is 3. The monoisotopic (exact) mass is 280 g/mol. The van der Waals surface area contributed by atoms with Gasteiger partial charge in [0.15, 0.2) is 0 Å². The van der Waals surface area contributed by atoms with Gasteiger partial charge in [0.2, 0.25) is 0 Å². The lowest BCUT2D eigenvalue weighted by atomic mass is 10.0. The Balaban J connectivity index is 1.51. The summed E-state index contributed by atoms with van der Waals surface area (Å²) in [6, 6.07) is 16.4. The molecule has 0 heterocycles. The zero-order valence-corrected chi connectivity index (χ0v) is 11.6. The zero-order chi connectivity index (χ0) is 14.2. The first-order valence-electron chi connectivity index (χ1n) is 7.26. The van der Waals surface area contributed by atoms with Crippen LogP contribution in [0.2, 0.25) is 0 Å². The van der Waals surface area contributed by atoms with Gasteiger partial charge in [-0.25, -0.2) is 0 Å². The van der Waals surface area contributed by atoms with Crippen LogP contribution < -0.4 is 4.74 Å². The van der Waals surface area contributed by atoms with Crippen molar-refractivity contribution in [3.05, 3.63) is 65.2 Å². The molecular formula is C18H16O3. The smallest absolute Gasteiger partial charge is 0.293 e. The van der Waals surface area contributed by atoms with Gasteiger partial charge in [-0.15, -0.1) is 0 Å². The second-order valence-electron chi connectivity index (χ2n) is 5.69. The van der Waals surface area contributed by atoms with E-state index in [2.05, 4.69) is 18.2 Å². The van der Waals surface area contributed by atoms with Gasteiger partial charge in [-0.05, 0) is 29.2 Å². The number of hydrogen-bond donors (Lipinski definition) is 0. The molecule has 1 saturated carbocycles. The Labute approximate surface area is 123 Å². The predicted octanol–water partition coefficient (Wildman–Crippen LogP) is 3.08. The summed E-state index contributed by atoms with van der Waals surface area (Å²) >= 11 is 0. The van der Waals surface area contributed by atoms with E-state index in [9.17, 15) is 4.79 Å². The Morgan fingerprint density at radius 2 is 1.95 bits per heavy atom. The lowest BCUT2D eigenvalue weighted by molar-refractivity contribution is -0.130. The van der Waals surface area contributed by atoms with E-state index in [0.29, 0.717) is 24.9 Å². The number of rotatable bonds is 5. The van der Waals surface area contributed by atoms with Crippen LogP contribution in [0.3, 0.4) is 0 Å². The van der Waals surface area contributed by atoms with Crippen molar-refractivity contribution in [1.29, 1.82) is 0 Å². The molecule has 4 rings (SSSR count). The Hall–Kier alpha value is -2.29. The Bertz CT molecular complexity index is 665. The van der Waals surface area contributed by atoms with Crippen LogP contribution in [0.5, 0.6) is 5.75 Å². The van der Waals surface area contributed by atoms with Gasteiger partial charge in [0.1, 0.15) is 18.5 Å². The van der Waals surface area contributed by atoms with Crippen LogP contribution in [0.1, 0.15) is 22.6 Å². The third kappa shape index (κ3) is 2.09. The third-order valence-corrected chi connectivity index (χ3v) is 4.51. The molecule has 1 fully saturated rings. The fourth-order valence-corrected chi connectivity index (χ4v) is 3.46. The Kier molecular flexibility index (Phi) is 2.92. The lowest BCUT2D eigenvalue weighted by Crippen LogP contribution is -2.05. The maximum Gasteiger partial charge on any atom is 0.293 e. The van der Waals surface area contributed by atoms with E-state index in [1.807, 2.05) is 30.3 Å². The van der Waals surface area contributed by atoms with Crippen molar-refractivity contribution in [1.82, 2.24) is 0 Å². The molecule has 0 saturated heterocycles. The average Bonchev–Trinajstić information content (AvgIpc) is 3.04. The Morgan fingerprint density at radius 3 is 2.76 bits per heavy atom. The average molecular weight is 280 g/mol. The third-order valence-electron chi connectivity index (χ3n) is 4.51. The van der Waals surface area contributed by atoms with Crippen molar-refractivity contribution >= 4 is 6.47 Å². The maximum absolute atomic E-state index is 10.5. The fourth-order valence-electron chi connectivity index (χ4n) is 3.46. The highest BCUT2D eigenvalue weighted by atomic mass is 16.5. The molecule has 0 N–H and O–H groups in total. The topological polar surface area (TPSA) is 35.5 Å². The van der Waals surface area contributed by atoms with Gasteiger partial charge in [-0.2, -0.15) is 0 Å². The lowest BCUT2D eigenvalue weighted by Gasteiger charge is -2.13. The van der Waals surface area contributed by atoms with E-state index in [1.54, 1.807) is 0 Å². The van der Waals surface area contributed by atoms with Crippen LogP contribution >= 0.6 is 0 Å². The van der Waals surface area contributed by atoms with E-state index >= 15 is 0 Å². The molecule has 3 heteroatoms. The molecule has 3 atom stereocenters. The molecule has 0 radical (unpaired) electrons. The molecule has 0 bridgehead atoms. The second-order valence-corrected chi connectivity index (χ2v) is 5.69. The number of carbonyl (C=O) groups is 1. The summed E-state index contributed by atoms with van der Waals surface area (Å²) in [6.07, 6.45) is 1.03. The van der Waals surface area contributed by atoms with E-state index in [0.717, 1.165) is 12.2 Å². The molecule has 1 unspecified atom stereocenters. The summed E-state index contributed by atoms with van der Waals surface area (Å²) < 4.78 is 11.1. The van der Waals surface area contributed by atoms with Gasteiger partial charge in [0, 0.05) is 11.8 Å². The van der Waals surface area contributed by atoms with Gasteiger partial charge in [-0.1, -0.05) is 42.5 Å². The quantitative estimate of drug-likeness (QED) is 0.790. The van der Waals surface area contributed by atoms with Crippen molar-refractivity contribution < 1.29 is 14.3 Å². The SMILES string of the molecule is O=CO[C@@H]1C2c3cccc(OCc4ccccc4)c3C[C@H]21. The van der Waals surface area contributed by atoms with Crippen molar-refractivity contribution in [2.75, 3.05) is 0 Å². The van der Waals surface area contributed by atoms with Crippen molar-refractivity contribution in [2.24, 2.45) is 5.92 Å². The highest BCUT2D eigenvalue weighted by Gasteiger charge is 2.58. The molecule has 21 heavy (non-hydrogen) atoms. The van der Waals surface area contributed by atoms with Gasteiger partial charge < -0.3 is 9.47 Å². The summed E-state index contributed by atoms with van der Waals surface area (Å²) in [7, 11) is 0. The predicted molar refractivity (Wildman–Crippen MR) is 78.1 cm³/mol. The first-order chi connectivity index (χ1) is 10.4. The van der Waals surface area contributed by atoms with E-state index in [-0.39, 0.29) is 6.10 Å². The van der Waals surface area contributed by atoms with Crippen molar-refractivity contribution in [2.45, 2.75) is 25.0 Å². The standard InChI is InChI=1S/C18H16O3/c19-11-21-18-15-9-14-13(17(15)18)7-4-8-16(14)20-10-12-5-2-1-3-6-12/h1-8,11,15,17-18H,9-10H2/t15-,17?,18+/m1/s1. The van der Waals surface area contributed by atoms with Gasteiger partial charge in [0.25, 0.3) is 6.47 Å². The molecule has 2 aromatic rings. The van der Waals surface area contributed by atoms with E-state index < -0.39 is 0 Å². The molecule has 106 valence electrons. The van der Waals surface area contributed by atoms with Gasteiger partial charge in [0.05, 0.1) is 0 Å².